The molecule has 0 spiro atoms. The van der Waals surface area contributed by atoms with Crippen LogP contribution in [-0.2, 0) is 16.6 Å². The molecule has 1 fully saturated rings. The van der Waals surface area contributed by atoms with Gasteiger partial charge in [0.1, 0.15) is 0 Å². The van der Waals surface area contributed by atoms with E-state index in [0.717, 1.165) is 32.1 Å². The van der Waals surface area contributed by atoms with Crippen molar-refractivity contribution in [2.24, 2.45) is 0 Å². The average Bonchev–Trinajstić information content (AvgIpc) is 2.61. The number of sulfonamides is 1. The maximum absolute atomic E-state index is 12.9. The van der Waals surface area contributed by atoms with Crippen LogP contribution in [0.2, 0.25) is 0 Å². The summed E-state index contributed by atoms with van der Waals surface area (Å²) >= 11 is 0. The minimum absolute atomic E-state index is 0.0947. The van der Waals surface area contributed by atoms with Gasteiger partial charge in [0.2, 0.25) is 10.0 Å². The molecule has 1 aromatic carbocycles. The Balaban J connectivity index is 2.06. The number of carbonyl (C=O) groups excluding carboxylic acids is 1. The largest absolute Gasteiger partial charge is 0.336 e. The molecule has 0 bridgehead atoms. The van der Waals surface area contributed by atoms with Crippen molar-refractivity contribution in [2.75, 3.05) is 13.1 Å². The number of amides is 2. The van der Waals surface area contributed by atoms with Gasteiger partial charge in [0.05, 0.1) is 4.90 Å². The van der Waals surface area contributed by atoms with Crippen LogP contribution in [0.15, 0.2) is 29.2 Å². The highest BCUT2D eigenvalue weighted by Gasteiger charge is 2.27. The van der Waals surface area contributed by atoms with Crippen molar-refractivity contribution in [3.8, 4) is 0 Å². The van der Waals surface area contributed by atoms with Crippen molar-refractivity contribution in [3.63, 3.8) is 0 Å². The molecule has 0 aromatic heterocycles. The van der Waals surface area contributed by atoms with Gasteiger partial charge in [-0.25, -0.2) is 13.2 Å². The summed E-state index contributed by atoms with van der Waals surface area (Å²) in [5, 5.41) is 5.63. The van der Waals surface area contributed by atoms with E-state index in [1.807, 2.05) is 6.92 Å². The molecule has 2 amide bonds. The summed E-state index contributed by atoms with van der Waals surface area (Å²) in [4.78, 5) is 12.3. The second-order valence-electron chi connectivity index (χ2n) is 6.59. The Morgan fingerprint density at radius 2 is 1.88 bits per heavy atom. The Bertz CT molecular complexity index is 670. The normalized spacial score (nSPS) is 17.0. The van der Waals surface area contributed by atoms with Crippen LogP contribution in [0.5, 0.6) is 0 Å². The topological polar surface area (TPSA) is 78.5 Å². The number of piperidine rings is 1. The average molecular weight is 368 g/mol. The molecule has 1 aliphatic heterocycles. The van der Waals surface area contributed by atoms with Gasteiger partial charge in [0.15, 0.2) is 0 Å². The third kappa shape index (κ3) is 5.44. The Morgan fingerprint density at radius 3 is 2.56 bits per heavy atom. The third-order valence-corrected chi connectivity index (χ3v) is 6.44. The van der Waals surface area contributed by atoms with Crippen LogP contribution in [0.3, 0.4) is 0 Å². The van der Waals surface area contributed by atoms with Crippen molar-refractivity contribution in [1.29, 1.82) is 0 Å². The number of benzene rings is 1. The highest BCUT2D eigenvalue weighted by Crippen LogP contribution is 2.23. The predicted octanol–water partition coefficient (Wildman–Crippen LogP) is 2.85. The molecule has 0 radical (unpaired) electrons. The zero-order valence-electron chi connectivity index (χ0n) is 15.1. The Morgan fingerprint density at radius 1 is 1.20 bits per heavy atom. The highest BCUT2D eigenvalue weighted by atomic mass is 32.2. The maximum atomic E-state index is 12.9. The van der Waals surface area contributed by atoms with Crippen LogP contribution in [0.4, 0.5) is 4.79 Å². The summed E-state index contributed by atoms with van der Waals surface area (Å²) in [5.74, 6) is 0. The SMILES string of the molecule is CCCC(C)NC(=O)NCc1ccccc1S(=O)(=O)N1CCCCC1. The minimum Gasteiger partial charge on any atom is -0.336 e. The summed E-state index contributed by atoms with van der Waals surface area (Å²) in [7, 11) is -3.51. The van der Waals surface area contributed by atoms with Gasteiger partial charge in [-0.05, 0) is 37.8 Å². The molecule has 1 unspecified atom stereocenters. The van der Waals surface area contributed by atoms with Crippen molar-refractivity contribution >= 4 is 16.1 Å². The zero-order chi connectivity index (χ0) is 18.3. The lowest BCUT2D eigenvalue weighted by Gasteiger charge is -2.27. The van der Waals surface area contributed by atoms with Crippen molar-refractivity contribution < 1.29 is 13.2 Å². The molecule has 0 aliphatic carbocycles. The number of rotatable bonds is 7. The Kier molecular flexibility index (Phi) is 7.25. The van der Waals surface area contributed by atoms with E-state index in [0.29, 0.717) is 23.5 Å². The first kappa shape index (κ1) is 19.7. The molecule has 1 saturated heterocycles. The molecular weight excluding hydrogens is 338 g/mol. The molecular formula is C18H29N3O3S. The molecule has 0 saturated carbocycles. The van der Waals surface area contributed by atoms with Gasteiger partial charge in [0.25, 0.3) is 0 Å². The second kappa shape index (κ2) is 9.20. The molecule has 7 heteroatoms. The van der Waals surface area contributed by atoms with E-state index < -0.39 is 10.0 Å². The third-order valence-electron chi connectivity index (χ3n) is 4.44. The number of hydrogen-bond acceptors (Lipinski definition) is 3. The zero-order valence-corrected chi connectivity index (χ0v) is 15.9. The monoisotopic (exact) mass is 367 g/mol. The lowest BCUT2D eigenvalue weighted by molar-refractivity contribution is 0.236. The van der Waals surface area contributed by atoms with Gasteiger partial charge >= 0.3 is 6.03 Å². The second-order valence-corrected chi connectivity index (χ2v) is 8.50. The van der Waals surface area contributed by atoms with E-state index in [1.165, 1.54) is 0 Å². The van der Waals surface area contributed by atoms with Gasteiger partial charge in [-0.2, -0.15) is 4.31 Å². The lowest BCUT2D eigenvalue weighted by atomic mass is 10.2. The van der Waals surface area contributed by atoms with Gasteiger partial charge in [-0.15, -0.1) is 0 Å². The number of urea groups is 1. The van der Waals surface area contributed by atoms with Crippen LogP contribution in [-0.4, -0.2) is 37.9 Å². The predicted molar refractivity (Wildman–Crippen MR) is 98.8 cm³/mol. The fraction of sp³-hybridized carbons (Fsp3) is 0.611. The first-order valence-electron chi connectivity index (χ1n) is 9.07. The van der Waals surface area contributed by atoms with Crippen molar-refractivity contribution in [1.82, 2.24) is 14.9 Å². The van der Waals surface area contributed by atoms with E-state index in [2.05, 4.69) is 17.6 Å². The number of nitrogens with one attached hydrogen (secondary N) is 2. The molecule has 1 aliphatic rings. The van der Waals surface area contributed by atoms with Crippen LogP contribution < -0.4 is 10.6 Å². The summed E-state index contributed by atoms with van der Waals surface area (Å²) in [5.41, 5.74) is 0.617. The number of hydrogen-bond donors (Lipinski definition) is 2. The van der Waals surface area contributed by atoms with Crippen LogP contribution in [0, 0.1) is 0 Å². The standard InChI is InChI=1S/C18H29N3O3S/c1-3-9-15(2)20-18(22)19-14-16-10-5-6-11-17(16)25(23,24)21-12-7-4-8-13-21/h5-6,10-11,15H,3-4,7-9,12-14H2,1-2H3,(H2,19,20,22). The molecule has 1 atom stereocenters. The van der Waals surface area contributed by atoms with Crippen molar-refractivity contribution in [3.05, 3.63) is 29.8 Å². The fourth-order valence-corrected chi connectivity index (χ4v) is 4.84. The Labute approximate surface area is 151 Å². The van der Waals surface area contributed by atoms with Crippen LogP contribution >= 0.6 is 0 Å². The van der Waals surface area contributed by atoms with Gasteiger partial charge in [0, 0.05) is 25.7 Å². The highest BCUT2D eigenvalue weighted by molar-refractivity contribution is 7.89. The fourth-order valence-electron chi connectivity index (χ4n) is 3.10. The molecule has 25 heavy (non-hydrogen) atoms. The summed E-state index contributed by atoms with van der Waals surface area (Å²) < 4.78 is 27.4. The van der Waals surface area contributed by atoms with E-state index in [9.17, 15) is 13.2 Å². The number of nitrogens with zero attached hydrogens (tertiary/aromatic N) is 1. The number of carbonyl (C=O) groups is 1. The van der Waals surface area contributed by atoms with E-state index in [-0.39, 0.29) is 18.6 Å². The van der Waals surface area contributed by atoms with Gasteiger partial charge in [-0.3, -0.25) is 0 Å². The van der Waals surface area contributed by atoms with Crippen LogP contribution in [0.1, 0.15) is 51.5 Å². The Hall–Kier alpha value is -1.60. The van der Waals surface area contributed by atoms with Crippen LogP contribution in [0.25, 0.3) is 0 Å². The maximum Gasteiger partial charge on any atom is 0.315 e. The van der Waals surface area contributed by atoms with E-state index in [1.54, 1.807) is 28.6 Å². The summed E-state index contributed by atoms with van der Waals surface area (Å²) in [6.45, 7) is 5.35. The summed E-state index contributed by atoms with van der Waals surface area (Å²) in [6.07, 6.45) is 4.78. The van der Waals surface area contributed by atoms with E-state index >= 15 is 0 Å². The minimum atomic E-state index is -3.51. The van der Waals surface area contributed by atoms with Gasteiger partial charge < -0.3 is 10.6 Å². The smallest absolute Gasteiger partial charge is 0.315 e. The lowest BCUT2D eigenvalue weighted by Crippen LogP contribution is -2.41. The molecule has 2 rings (SSSR count). The molecule has 1 heterocycles. The van der Waals surface area contributed by atoms with Gasteiger partial charge in [-0.1, -0.05) is 38.0 Å². The molecule has 6 nitrogen and oxygen atoms in total. The molecule has 2 N–H and O–H groups in total. The first-order chi connectivity index (χ1) is 11.9. The first-order valence-corrected chi connectivity index (χ1v) is 10.5. The molecule has 140 valence electrons. The van der Waals surface area contributed by atoms with Crippen molar-refractivity contribution in [2.45, 2.75) is 63.4 Å². The quantitative estimate of drug-likeness (QED) is 0.778. The summed E-state index contributed by atoms with van der Waals surface area (Å²) in [6, 6.07) is 6.72. The van der Waals surface area contributed by atoms with E-state index in [4.69, 9.17) is 0 Å². The molecule has 1 aromatic rings.